The minimum atomic E-state index is 0.201. The first-order valence-corrected chi connectivity index (χ1v) is 5.46. The van der Waals surface area contributed by atoms with Crippen molar-refractivity contribution >= 4 is 5.78 Å². The summed E-state index contributed by atoms with van der Waals surface area (Å²) in [5.41, 5.74) is 1.99. The Morgan fingerprint density at radius 3 is 2.93 bits per heavy atom. The Kier molecular flexibility index (Phi) is 2.76. The molecule has 1 aliphatic rings. The zero-order valence-corrected chi connectivity index (χ0v) is 9.25. The summed E-state index contributed by atoms with van der Waals surface area (Å²) in [6, 6.07) is 5.94. The summed E-state index contributed by atoms with van der Waals surface area (Å²) in [6.07, 6.45) is 1.54. The van der Waals surface area contributed by atoms with Gasteiger partial charge >= 0.3 is 0 Å². The van der Waals surface area contributed by atoms with Crippen LogP contribution in [0.2, 0.25) is 0 Å². The van der Waals surface area contributed by atoms with Crippen molar-refractivity contribution in [2.75, 3.05) is 6.61 Å². The second kappa shape index (κ2) is 4.05. The molecule has 1 heterocycles. The third-order valence-corrected chi connectivity index (χ3v) is 2.58. The van der Waals surface area contributed by atoms with Crippen molar-refractivity contribution in [3.8, 4) is 5.75 Å². The van der Waals surface area contributed by atoms with Crippen LogP contribution in [0, 0.1) is 5.92 Å². The first kappa shape index (κ1) is 10.2. The summed E-state index contributed by atoms with van der Waals surface area (Å²) in [4.78, 5) is 11.5. The molecular formula is C13H16O2. The molecule has 80 valence electrons. The maximum Gasteiger partial charge on any atom is 0.169 e. The van der Waals surface area contributed by atoms with Crippen LogP contribution in [-0.2, 0) is 6.42 Å². The third kappa shape index (κ3) is 2.20. The number of hydrogen-bond donors (Lipinski definition) is 0. The number of ether oxygens (including phenoxy) is 1. The maximum absolute atomic E-state index is 11.5. The van der Waals surface area contributed by atoms with E-state index < -0.39 is 0 Å². The number of benzene rings is 1. The lowest BCUT2D eigenvalue weighted by Gasteiger charge is -2.17. The van der Waals surface area contributed by atoms with Gasteiger partial charge in [-0.1, -0.05) is 19.9 Å². The van der Waals surface area contributed by atoms with Crippen LogP contribution in [0.4, 0.5) is 0 Å². The molecule has 0 N–H and O–H groups in total. The van der Waals surface area contributed by atoms with Crippen LogP contribution < -0.4 is 4.74 Å². The second-order valence-electron chi connectivity index (χ2n) is 4.45. The molecular weight excluding hydrogens is 188 g/mol. The number of hydrogen-bond acceptors (Lipinski definition) is 2. The SMILES string of the molecule is CC(C)Cc1ccc2c(c1)OCCC2=O. The van der Waals surface area contributed by atoms with Gasteiger partial charge in [-0.05, 0) is 30.0 Å². The highest BCUT2D eigenvalue weighted by Gasteiger charge is 2.18. The Morgan fingerprint density at radius 1 is 1.40 bits per heavy atom. The van der Waals surface area contributed by atoms with Crippen LogP contribution in [-0.4, -0.2) is 12.4 Å². The molecule has 1 aromatic carbocycles. The molecule has 0 saturated carbocycles. The highest BCUT2D eigenvalue weighted by molar-refractivity contribution is 5.99. The molecule has 0 radical (unpaired) electrons. The molecule has 0 unspecified atom stereocenters. The van der Waals surface area contributed by atoms with Gasteiger partial charge in [0.15, 0.2) is 5.78 Å². The van der Waals surface area contributed by atoms with Gasteiger partial charge in [-0.3, -0.25) is 4.79 Å². The zero-order valence-electron chi connectivity index (χ0n) is 9.25. The van der Waals surface area contributed by atoms with Crippen molar-refractivity contribution in [1.82, 2.24) is 0 Å². The fourth-order valence-electron chi connectivity index (χ4n) is 1.90. The van der Waals surface area contributed by atoms with Gasteiger partial charge in [0.05, 0.1) is 12.2 Å². The van der Waals surface area contributed by atoms with Crippen LogP contribution in [0.15, 0.2) is 18.2 Å². The number of carbonyl (C=O) groups is 1. The fraction of sp³-hybridized carbons (Fsp3) is 0.462. The van der Waals surface area contributed by atoms with E-state index in [0.29, 0.717) is 18.9 Å². The van der Waals surface area contributed by atoms with Crippen molar-refractivity contribution in [3.05, 3.63) is 29.3 Å². The van der Waals surface area contributed by atoms with Crippen molar-refractivity contribution in [2.45, 2.75) is 26.7 Å². The smallest absolute Gasteiger partial charge is 0.169 e. The van der Waals surface area contributed by atoms with E-state index >= 15 is 0 Å². The van der Waals surface area contributed by atoms with Crippen molar-refractivity contribution in [3.63, 3.8) is 0 Å². The lowest BCUT2D eigenvalue weighted by molar-refractivity contribution is 0.0933. The highest BCUT2D eigenvalue weighted by Crippen LogP contribution is 2.26. The summed E-state index contributed by atoms with van der Waals surface area (Å²) in [6.45, 7) is 4.90. The molecule has 15 heavy (non-hydrogen) atoms. The first-order valence-electron chi connectivity index (χ1n) is 5.46. The van der Waals surface area contributed by atoms with Crippen LogP contribution in [0.5, 0.6) is 5.75 Å². The molecule has 2 rings (SSSR count). The molecule has 0 aromatic heterocycles. The normalized spacial score (nSPS) is 15.0. The molecule has 1 aliphatic heterocycles. The summed E-state index contributed by atoms with van der Waals surface area (Å²) in [5, 5.41) is 0. The molecule has 0 saturated heterocycles. The summed E-state index contributed by atoms with van der Waals surface area (Å²) >= 11 is 0. The van der Waals surface area contributed by atoms with Gasteiger partial charge in [-0.25, -0.2) is 0 Å². The molecule has 0 aliphatic carbocycles. The summed E-state index contributed by atoms with van der Waals surface area (Å²) < 4.78 is 5.50. The molecule has 2 nitrogen and oxygen atoms in total. The Hall–Kier alpha value is -1.31. The molecule has 0 spiro atoms. The van der Waals surface area contributed by atoms with Crippen molar-refractivity contribution in [1.29, 1.82) is 0 Å². The minimum Gasteiger partial charge on any atom is -0.492 e. The van der Waals surface area contributed by atoms with Gasteiger partial charge in [0, 0.05) is 6.42 Å². The lowest BCUT2D eigenvalue weighted by Crippen LogP contribution is -2.15. The van der Waals surface area contributed by atoms with E-state index in [-0.39, 0.29) is 5.78 Å². The topological polar surface area (TPSA) is 26.3 Å². The number of carbonyl (C=O) groups excluding carboxylic acids is 1. The van der Waals surface area contributed by atoms with Gasteiger partial charge in [0.1, 0.15) is 5.75 Å². The molecule has 0 amide bonds. The average molecular weight is 204 g/mol. The monoisotopic (exact) mass is 204 g/mol. The largest absolute Gasteiger partial charge is 0.492 e. The van der Waals surface area contributed by atoms with Crippen LogP contribution in [0.3, 0.4) is 0 Å². The van der Waals surface area contributed by atoms with Gasteiger partial charge in [-0.15, -0.1) is 0 Å². The quantitative estimate of drug-likeness (QED) is 0.740. The number of fused-ring (bicyclic) bond motifs is 1. The van der Waals surface area contributed by atoms with Gasteiger partial charge in [0.25, 0.3) is 0 Å². The van der Waals surface area contributed by atoms with Gasteiger partial charge < -0.3 is 4.74 Å². The molecule has 2 heteroatoms. The van der Waals surface area contributed by atoms with Crippen LogP contribution >= 0.6 is 0 Å². The molecule has 1 aromatic rings. The minimum absolute atomic E-state index is 0.201. The summed E-state index contributed by atoms with van der Waals surface area (Å²) in [5.74, 6) is 1.60. The predicted molar refractivity (Wildman–Crippen MR) is 59.4 cm³/mol. The van der Waals surface area contributed by atoms with Gasteiger partial charge in [0.2, 0.25) is 0 Å². The number of Topliss-reactive ketones (excluding diaryl/α,β-unsaturated/α-hetero) is 1. The number of ketones is 1. The summed E-state index contributed by atoms with van der Waals surface area (Å²) in [7, 11) is 0. The second-order valence-corrected chi connectivity index (χ2v) is 4.45. The van der Waals surface area contributed by atoms with E-state index in [2.05, 4.69) is 13.8 Å². The highest BCUT2D eigenvalue weighted by atomic mass is 16.5. The first-order chi connectivity index (χ1) is 7.16. The average Bonchev–Trinajstić information content (AvgIpc) is 2.17. The van der Waals surface area contributed by atoms with Crippen molar-refractivity contribution < 1.29 is 9.53 Å². The Balaban J connectivity index is 2.29. The van der Waals surface area contributed by atoms with E-state index in [1.807, 2.05) is 18.2 Å². The predicted octanol–water partition coefficient (Wildman–Crippen LogP) is 2.85. The standard InChI is InChI=1S/C13H16O2/c1-9(2)7-10-3-4-11-12(14)5-6-15-13(11)8-10/h3-4,8-9H,5-7H2,1-2H3. The molecule has 0 bridgehead atoms. The lowest BCUT2D eigenvalue weighted by atomic mass is 9.98. The Morgan fingerprint density at radius 2 is 2.20 bits per heavy atom. The van der Waals surface area contributed by atoms with E-state index in [4.69, 9.17) is 4.74 Å². The Bertz CT molecular complexity index is 380. The number of rotatable bonds is 2. The van der Waals surface area contributed by atoms with Crippen molar-refractivity contribution in [2.24, 2.45) is 5.92 Å². The van der Waals surface area contributed by atoms with E-state index in [9.17, 15) is 4.79 Å². The van der Waals surface area contributed by atoms with E-state index in [1.54, 1.807) is 0 Å². The maximum atomic E-state index is 11.5. The zero-order chi connectivity index (χ0) is 10.8. The van der Waals surface area contributed by atoms with E-state index in [0.717, 1.165) is 17.7 Å². The third-order valence-electron chi connectivity index (χ3n) is 2.58. The van der Waals surface area contributed by atoms with E-state index in [1.165, 1.54) is 5.56 Å². The molecule has 0 fully saturated rings. The van der Waals surface area contributed by atoms with Crippen LogP contribution in [0.1, 0.15) is 36.2 Å². The van der Waals surface area contributed by atoms with Gasteiger partial charge in [-0.2, -0.15) is 0 Å². The Labute approximate surface area is 90.3 Å². The fourth-order valence-corrected chi connectivity index (χ4v) is 1.90. The van der Waals surface area contributed by atoms with Crippen LogP contribution in [0.25, 0.3) is 0 Å². The molecule has 0 atom stereocenters.